The fourth-order valence-corrected chi connectivity index (χ4v) is 4.20. The standard InChI is InChI=1S/C24H26FNO5/c1-14(6-4-7-15(2)25)11-26-16(3)22(19(28)12-27)23-20(31-13-21(29)30)10-17-8-5-9-18(17)24(23)26/h4,6-7,10,12,15H,5,8-9,11,13H2,1-3H3,(H,29,30)/b7-4-,14-6+. The lowest BCUT2D eigenvalue weighted by atomic mass is 10.0. The van der Waals surface area contributed by atoms with E-state index in [1.807, 2.05) is 17.6 Å². The first-order chi connectivity index (χ1) is 14.7. The molecule has 2 aromatic rings. The Morgan fingerprint density at radius 1 is 1.35 bits per heavy atom. The third-order valence-electron chi connectivity index (χ3n) is 5.49. The summed E-state index contributed by atoms with van der Waals surface area (Å²) in [5.41, 5.74) is 4.74. The van der Waals surface area contributed by atoms with Crippen LogP contribution in [-0.4, -0.2) is 40.5 Å². The minimum Gasteiger partial charge on any atom is -0.481 e. The average molecular weight is 427 g/mol. The van der Waals surface area contributed by atoms with Gasteiger partial charge < -0.3 is 14.4 Å². The monoisotopic (exact) mass is 427 g/mol. The Balaban J connectivity index is 2.24. The highest BCUT2D eigenvalue weighted by Crippen LogP contribution is 2.41. The fourth-order valence-electron chi connectivity index (χ4n) is 4.20. The van der Waals surface area contributed by atoms with Gasteiger partial charge in [0, 0.05) is 12.2 Å². The molecule has 1 unspecified atom stereocenters. The molecule has 0 fully saturated rings. The van der Waals surface area contributed by atoms with Gasteiger partial charge in [0.05, 0.1) is 16.5 Å². The van der Waals surface area contributed by atoms with Crippen molar-refractivity contribution in [2.24, 2.45) is 0 Å². The van der Waals surface area contributed by atoms with E-state index >= 15 is 0 Å². The Morgan fingerprint density at radius 3 is 2.74 bits per heavy atom. The number of aryl methyl sites for hydroxylation is 2. The van der Waals surface area contributed by atoms with Crippen LogP contribution < -0.4 is 4.74 Å². The number of ketones is 1. The number of aromatic nitrogens is 1. The number of nitrogens with zero attached hydrogens (tertiary/aromatic N) is 1. The van der Waals surface area contributed by atoms with Gasteiger partial charge in [-0.25, -0.2) is 9.18 Å². The number of hydrogen-bond donors (Lipinski definition) is 1. The second-order valence-electron chi connectivity index (χ2n) is 7.88. The number of aldehydes is 1. The van der Waals surface area contributed by atoms with Crippen molar-refractivity contribution in [3.63, 3.8) is 0 Å². The molecule has 0 saturated heterocycles. The second kappa shape index (κ2) is 9.29. The number of benzene rings is 1. The number of halogens is 1. The van der Waals surface area contributed by atoms with Gasteiger partial charge in [0.1, 0.15) is 11.9 Å². The quantitative estimate of drug-likeness (QED) is 0.281. The van der Waals surface area contributed by atoms with E-state index in [1.54, 1.807) is 19.1 Å². The molecular formula is C24H26FNO5. The van der Waals surface area contributed by atoms with E-state index in [0.717, 1.165) is 41.5 Å². The lowest BCUT2D eigenvalue weighted by molar-refractivity contribution is -0.139. The first kappa shape index (κ1) is 22.5. The third kappa shape index (κ3) is 4.60. The molecular weight excluding hydrogens is 401 g/mol. The summed E-state index contributed by atoms with van der Waals surface area (Å²) >= 11 is 0. The number of rotatable bonds is 9. The molecule has 0 saturated carbocycles. The van der Waals surface area contributed by atoms with Crippen LogP contribution in [0.25, 0.3) is 10.9 Å². The zero-order valence-corrected chi connectivity index (χ0v) is 17.9. The predicted molar refractivity (Wildman–Crippen MR) is 116 cm³/mol. The number of ether oxygens (including phenoxy) is 1. The van der Waals surface area contributed by atoms with Crippen LogP contribution in [0, 0.1) is 6.92 Å². The molecule has 0 amide bonds. The maximum absolute atomic E-state index is 13.1. The largest absolute Gasteiger partial charge is 0.481 e. The van der Waals surface area contributed by atoms with E-state index in [2.05, 4.69) is 0 Å². The second-order valence-corrected chi connectivity index (χ2v) is 7.88. The van der Waals surface area contributed by atoms with Crippen LogP contribution in [0.2, 0.25) is 0 Å². The molecule has 1 aliphatic rings. The highest BCUT2D eigenvalue weighted by atomic mass is 19.1. The first-order valence-electron chi connectivity index (χ1n) is 10.2. The van der Waals surface area contributed by atoms with Crippen LogP contribution in [0.1, 0.15) is 47.4 Å². The van der Waals surface area contributed by atoms with Crippen molar-refractivity contribution >= 4 is 28.9 Å². The molecule has 1 N–H and O–H groups in total. The summed E-state index contributed by atoms with van der Waals surface area (Å²) in [4.78, 5) is 35.1. The lowest BCUT2D eigenvalue weighted by Gasteiger charge is -2.14. The minimum atomic E-state index is -1.12. The van der Waals surface area contributed by atoms with Crippen molar-refractivity contribution in [2.45, 2.75) is 52.8 Å². The highest BCUT2D eigenvalue weighted by Gasteiger charge is 2.28. The Labute approximate surface area is 180 Å². The topological polar surface area (TPSA) is 85.6 Å². The van der Waals surface area contributed by atoms with Gasteiger partial charge in [0.2, 0.25) is 5.78 Å². The molecule has 164 valence electrons. The predicted octanol–water partition coefficient (Wildman–Crippen LogP) is 4.14. The number of carbonyl (C=O) groups excluding carboxylic acids is 2. The zero-order valence-electron chi connectivity index (χ0n) is 17.9. The number of alkyl halides is 1. The van der Waals surface area contributed by atoms with Gasteiger partial charge in [-0.2, -0.15) is 0 Å². The number of carboxylic acids is 1. The molecule has 1 aliphatic carbocycles. The van der Waals surface area contributed by atoms with Crippen LogP contribution >= 0.6 is 0 Å². The molecule has 31 heavy (non-hydrogen) atoms. The van der Waals surface area contributed by atoms with Gasteiger partial charge in [-0.05, 0) is 57.2 Å². The van der Waals surface area contributed by atoms with E-state index in [9.17, 15) is 18.8 Å². The van der Waals surface area contributed by atoms with Crippen LogP contribution in [0.3, 0.4) is 0 Å². The van der Waals surface area contributed by atoms with Gasteiger partial charge >= 0.3 is 5.97 Å². The number of carbonyl (C=O) groups is 3. The average Bonchev–Trinajstić information content (AvgIpc) is 3.28. The van der Waals surface area contributed by atoms with Gasteiger partial charge in [-0.15, -0.1) is 0 Å². The maximum atomic E-state index is 13.1. The highest BCUT2D eigenvalue weighted by molar-refractivity contribution is 6.37. The number of aliphatic carboxylic acids is 1. The summed E-state index contributed by atoms with van der Waals surface area (Å²) < 4.78 is 20.6. The summed E-state index contributed by atoms with van der Waals surface area (Å²) in [6.45, 7) is 5.02. The molecule has 0 radical (unpaired) electrons. The van der Waals surface area contributed by atoms with Gasteiger partial charge in [-0.1, -0.05) is 23.8 Å². The molecule has 0 aliphatic heterocycles. The molecule has 3 rings (SSSR count). The summed E-state index contributed by atoms with van der Waals surface area (Å²) in [7, 11) is 0. The number of hydrogen-bond acceptors (Lipinski definition) is 4. The number of allylic oxidation sites excluding steroid dienone is 4. The van der Waals surface area contributed by atoms with Crippen molar-refractivity contribution in [2.75, 3.05) is 6.61 Å². The van der Waals surface area contributed by atoms with Crippen molar-refractivity contribution in [1.29, 1.82) is 0 Å². The van der Waals surface area contributed by atoms with Crippen LogP contribution in [-0.2, 0) is 29.0 Å². The van der Waals surface area contributed by atoms with Gasteiger partial charge in [0.25, 0.3) is 0 Å². The van der Waals surface area contributed by atoms with Crippen LogP contribution in [0.4, 0.5) is 4.39 Å². The molecule has 6 nitrogen and oxygen atoms in total. The molecule has 1 atom stereocenters. The molecule has 1 aromatic carbocycles. The molecule has 1 heterocycles. The van der Waals surface area contributed by atoms with Crippen molar-refractivity contribution in [3.8, 4) is 5.75 Å². The van der Waals surface area contributed by atoms with Crippen LogP contribution in [0.15, 0.2) is 29.9 Å². The normalized spacial score (nSPS) is 14.8. The zero-order chi connectivity index (χ0) is 22.7. The number of fused-ring (bicyclic) bond motifs is 3. The van der Waals surface area contributed by atoms with Crippen molar-refractivity contribution in [3.05, 3.63) is 52.3 Å². The first-order valence-corrected chi connectivity index (χ1v) is 10.2. The van der Waals surface area contributed by atoms with Crippen molar-refractivity contribution in [1.82, 2.24) is 4.57 Å². The summed E-state index contributed by atoms with van der Waals surface area (Å²) in [5.74, 6) is -1.49. The Hall–Kier alpha value is -3.22. The lowest BCUT2D eigenvalue weighted by Crippen LogP contribution is -2.10. The fraction of sp³-hybridized carbons (Fsp3) is 0.375. The van der Waals surface area contributed by atoms with Crippen LogP contribution in [0.5, 0.6) is 5.75 Å². The number of Topliss-reactive ketones (excluding diaryl/α,β-unsaturated/α-hetero) is 1. The summed E-state index contributed by atoms with van der Waals surface area (Å²) in [6, 6.07) is 1.80. The third-order valence-corrected chi connectivity index (χ3v) is 5.49. The Kier molecular flexibility index (Phi) is 6.73. The van der Waals surface area contributed by atoms with Gasteiger partial charge in [-0.3, -0.25) is 9.59 Å². The van der Waals surface area contributed by atoms with E-state index in [0.29, 0.717) is 23.4 Å². The minimum absolute atomic E-state index is 0.237. The smallest absolute Gasteiger partial charge is 0.341 e. The van der Waals surface area contributed by atoms with Crippen molar-refractivity contribution < 1.29 is 28.6 Å². The Morgan fingerprint density at radius 2 is 2.10 bits per heavy atom. The maximum Gasteiger partial charge on any atom is 0.341 e. The number of carboxylic acid groups (broad SMARTS) is 1. The summed E-state index contributed by atoms with van der Waals surface area (Å²) in [5, 5.41) is 9.55. The molecule has 0 spiro atoms. The summed E-state index contributed by atoms with van der Waals surface area (Å²) in [6.07, 6.45) is 6.74. The molecule has 7 heteroatoms. The van der Waals surface area contributed by atoms with Gasteiger partial charge in [0.15, 0.2) is 12.9 Å². The van der Waals surface area contributed by atoms with E-state index in [4.69, 9.17) is 9.84 Å². The Bertz CT molecular complexity index is 1110. The van der Waals surface area contributed by atoms with E-state index in [1.165, 1.54) is 13.0 Å². The molecule has 0 bridgehead atoms. The molecule has 1 aromatic heterocycles. The SMILES string of the molecule is C/C(=C\C=C/C(C)F)Cn1c(C)c(C(=O)C=O)c2c(OCC(=O)O)cc3c(c21)CCC3. The van der Waals surface area contributed by atoms with E-state index < -0.39 is 24.5 Å². The van der Waals surface area contributed by atoms with E-state index in [-0.39, 0.29) is 11.8 Å².